The summed E-state index contributed by atoms with van der Waals surface area (Å²) in [6.45, 7) is 3.59. The summed E-state index contributed by atoms with van der Waals surface area (Å²) in [7, 11) is 0. The molecule has 0 atom stereocenters. The van der Waals surface area contributed by atoms with Gasteiger partial charge in [-0.1, -0.05) is 12.5 Å². The molecule has 1 aliphatic heterocycles. The maximum atomic E-state index is 11.6. The summed E-state index contributed by atoms with van der Waals surface area (Å²) in [5.74, 6) is -0.900. The Bertz CT molecular complexity index is 298. The summed E-state index contributed by atoms with van der Waals surface area (Å²) in [6, 6.07) is 0. The van der Waals surface area contributed by atoms with Crippen LogP contribution in [0.4, 0.5) is 0 Å². The number of hydrogen-bond donors (Lipinski definition) is 0. The quantitative estimate of drug-likeness (QED) is 0.517. The van der Waals surface area contributed by atoms with Gasteiger partial charge in [-0.25, -0.2) is 4.79 Å². The van der Waals surface area contributed by atoms with Gasteiger partial charge in [-0.05, 0) is 12.8 Å². The second kappa shape index (κ2) is 4.09. The molecule has 0 saturated heterocycles. The Kier molecular flexibility index (Phi) is 2.80. The molecule has 1 spiro atoms. The van der Waals surface area contributed by atoms with Crippen LogP contribution in [0.2, 0.25) is 0 Å². The minimum atomic E-state index is -0.653. The first kappa shape index (κ1) is 10.3. The van der Waals surface area contributed by atoms with E-state index < -0.39 is 5.79 Å². The molecular weight excluding hydrogens is 192 g/mol. The van der Waals surface area contributed by atoms with Crippen molar-refractivity contribution in [2.24, 2.45) is 0 Å². The SMILES string of the molecule is C=CCC1=COC2(CCCCC2)OC1=O. The molecular formula is C12H16O3. The van der Waals surface area contributed by atoms with Crippen LogP contribution in [-0.4, -0.2) is 11.8 Å². The molecule has 0 aromatic carbocycles. The van der Waals surface area contributed by atoms with Gasteiger partial charge in [0, 0.05) is 19.3 Å². The topological polar surface area (TPSA) is 35.5 Å². The van der Waals surface area contributed by atoms with Crippen LogP contribution in [0, 0.1) is 0 Å². The third kappa shape index (κ3) is 2.06. The van der Waals surface area contributed by atoms with Gasteiger partial charge in [0.15, 0.2) is 0 Å². The molecule has 0 aromatic heterocycles. The van der Waals surface area contributed by atoms with Crippen molar-refractivity contribution in [3.05, 3.63) is 24.5 Å². The molecule has 0 radical (unpaired) electrons. The molecule has 1 aliphatic carbocycles. The van der Waals surface area contributed by atoms with Crippen molar-refractivity contribution in [1.29, 1.82) is 0 Å². The molecule has 3 nitrogen and oxygen atoms in total. The van der Waals surface area contributed by atoms with Crippen molar-refractivity contribution < 1.29 is 14.3 Å². The van der Waals surface area contributed by atoms with E-state index in [-0.39, 0.29) is 5.97 Å². The van der Waals surface area contributed by atoms with Gasteiger partial charge in [-0.15, -0.1) is 6.58 Å². The number of hydrogen-bond acceptors (Lipinski definition) is 3. The summed E-state index contributed by atoms with van der Waals surface area (Å²) in [6.07, 6.45) is 8.71. The Labute approximate surface area is 89.8 Å². The number of esters is 1. The molecule has 1 fully saturated rings. The van der Waals surface area contributed by atoms with Crippen LogP contribution in [0.3, 0.4) is 0 Å². The second-order valence-electron chi connectivity index (χ2n) is 4.11. The van der Waals surface area contributed by atoms with Gasteiger partial charge in [0.05, 0.1) is 11.8 Å². The molecule has 2 aliphatic rings. The Morgan fingerprint density at radius 1 is 1.40 bits per heavy atom. The highest BCUT2D eigenvalue weighted by atomic mass is 16.7. The van der Waals surface area contributed by atoms with Crippen LogP contribution in [0.25, 0.3) is 0 Å². The van der Waals surface area contributed by atoms with Gasteiger partial charge in [0.2, 0.25) is 0 Å². The summed E-state index contributed by atoms with van der Waals surface area (Å²) in [5.41, 5.74) is 0.557. The molecule has 2 rings (SSSR count). The molecule has 15 heavy (non-hydrogen) atoms. The number of allylic oxidation sites excluding steroid dienone is 1. The molecule has 0 N–H and O–H groups in total. The van der Waals surface area contributed by atoms with Crippen LogP contribution < -0.4 is 0 Å². The lowest BCUT2D eigenvalue weighted by molar-refractivity contribution is -0.228. The number of carbonyl (C=O) groups excluding carboxylic acids is 1. The molecule has 1 saturated carbocycles. The zero-order chi connectivity index (χ0) is 10.7. The first-order valence-electron chi connectivity index (χ1n) is 5.47. The zero-order valence-electron chi connectivity index (χ0n) is 8.83. The van der Waals surface area contributed by atoms with E-state index in [0.717, 1.165) is 25.7 Å². The van der Waals surface area contributed by atoms with Gasteiger partial charge >= 0.3 is 5.97 Å². The second-order valence-corrected chi connectivity index (χ2v) is 4.11. The highest BCUT2D eigenvalue weighted by Gasteiger charge is 2.40. The molecule has 0 amide bonds. The van der Waals surface area contributed by atoms with Gasteiger partial charge in [-0.3, -0.25) is 0 Å². The van der Waals surface area contributed by atoms with Gasteiger partial charge in [0.25, 0.3) is 5.79 Å². The van der Waals surface area contributed by atoms with E-state index in [0.29, 0.717) is 12.0 Å². The summed E-state index contributed by atoms with van der Waals surface area (Å²) >= 11 is 0. The molecule has 0 unspecified atom stereocenters. The minimum absolute atomic E-state index is 0.247. The number of ether oxygens (including phenoxy) is 2. The average Bonchev–Trinajstić information content (AvgIpc) is 2.24. The first-order valence-corrected chi connectivity index (χ1v) is 5.47. The van der Waals surface area contributed by atoms with E-state index in [1.54, 1.807) is 12.3 Å². The largest absolute Gasteiger partial charge is 0.459 e. The van der Waals surface area contributed by atoms with Crippen LogP contribution in [0.5, 0.6) is 0 Å². The standard InChI is InChI=1S/C12H16O3/c1-2-6-10-9-14-12(15-11(10)13)7-4-3-5-8-12/h2,9H,1,3-8H2. The molecule has 1 heterocycles. The normalized spacial score (nSPS) is 24.0. The fourth-order valence-electron chi connectivity index (χ4n) is 2.08. The lowest BCUT2D eigenvalue weighted by Gasteiger charge is -2.38. The van der Waals surface area contributed by atoms with E-state index in [2.05, 4.69) is 6.58 Å². The van der Waals surface area contributed by atoms with Crippen molar-refractivity contribution in [2.75, 3.05) is 0 Å². The monoisotopic (exact) mass is 208 g/mol. The van der Waals surface area contributed by atoms with Crippen molar-refractivity contribution in [2.45, 2.75) is 44.3 Å². The Balaban J connectivity index is 2.09. The fraction of sp³-hybridized carbons (Fsp3) is 0.583. The maximum Gasteiger partial charge on any atom is 0.340 e. The highest BCUT2D eigenvalue weighted by molar-refractivity contribution is 5.89. The summed E-state index contributed by atoms with van der Waals surface area (Å²) in [5, 5.41) is 0. The van der Waals surface area contributed by atoms with Gasteiger partial charge in [-0.2, -0.15) is 0 Å². The van der Waals surface area contributed by atoms with Crippen molar-refractivity contribution >= 4 is 5.97 Å². The zero-order valence-corrected chi connectivity index (χ0v) is 8.83. The Morgan fingerprint density at radius 3 is 2.73 bits per heavy atom. The van der Waals surface area contributed by atoms with E-state index in [9.17, 15) is 4.79 Å². The Morgan fingerprint density at radius 2 is 2.13 bits per heavy atom. The van der Waals surface area contributed by atoms with Crippen LogP contribution >= 0.6 is 0 Å². The van der Waals surface area contributed by atoms with E-state index in [1.165, 1.54) is 6.42 Å². The van der Waals surface area contributed by atoms with Crippen LogP contribution in [-0.2, 0) is 14.3 Å². The predicted octanol–water partition coefficient (Wildman–Crippen LogP) is 2.68. The van der Waals surface area contributed by atoms with Crippen LogP contribution in [0.15, 0.2) is 24.5 Å². The lowest BCUT2D eigenvalue weighted by atomic mass is 9.93. The molecule has 0 bridgehead atoms. The third-order valence-electron chi connectivity index (χ3n) is 2.94. The minimum Gasteiger partial charge on any atom is -0.459 e. The summed E-state index contributed by atoms with van der Waals surface area (Å²) < 4.78 is 11.0. The number of rotatable bonds is 2. The first-order chi connectivity index (χ1) is 7.26. The van der Waals surface area contributed by atoms with Crippen molar-refractivity contribution in [3.8, 4) is 0 Å². The lowest BCUT2D eigenvalue weighted by Crippen LogP contribution is -2.41. The van der Waals surface area contributed by atoms with Crippen molar-refractivity contribution in [3.63, 3.8) is 0 Å². The highest BCUT2D eigenvalue weighted by Crippen LogP contribution is 2.36. The average molecular weight is 208 g/mol. The summed E-state index contributed by atoms with van der Waals surface area (Å²) in [4.78, 5) is 11.6. The smallest absolute Gasteiger partial charge is 0.340 e. The predicted molar refractivity (Wildman–Crippen MR) is 55.9 cm³/mol. The molecule has 3 heteroatoms. The molecule has 82 valence electrons. The fourth-order valence-corrected chi connectivity index (χ4v) is 2.08. The number of carbonyl (C=O) groups is 1. The van der Waals surface area contributed by atoms with Gasteiger partial charge < -0.3 is 9.47 Å². The Hall–Kier alpha value is -1.25. The maximum absolute atomic E-state index is 11.6. The van der Waals surface area contributed by atoms with Crippen LogP contribution in [0.1, 0.15) is 38.5 Å². The van der Waals surface area contributed by atoms with Gasteiger partial charge in [0.1, 0.15) is 0 Å². The van der Waals surface area contributed by atoms with E-state index in [4.69, 9.17) is 9.47 Å². The van der Waals surface area contributed by atoms with Crippen molar-refractivity contribution in [1.82, 2.24) is 0 Å². The third-order valence-corrected chi connectivity index (χ3v) is 2.94. The van der Waals surface area contributed by atoms with E-state index in [1.807, 2.05) is 0 Å². The van der Waals surface area contributed by atoms with E-state index >= 15 is 0 Å². The molecule has 0 aromatic rings.